The highest BCUT2D eigenvalue weighted by Gasteiger charge is 2.36. The summed E-state index contributed by atoms with van der Waals surface area (Å²) in [6, 6.07) is 5.83. The van der Waals surface area contributed by atoms with Gasteiger partial charge in [-0.15, -0.1) is 0 Å². The first-order valence-electron chi connectivity index (χ1n) is 7.38. The van der Waals surface area contributed by atoms with Crippen molar-refractivity contribution in [2.45, 2.75) is 51.1 Å². The van der Waals surface area contributed by atoms with Gasteiger partial charge in [-0.2, -0.15) is 0 Å². The summed E-state index contributed by atoms with van der Waals surface area (Å²) in [6.07, 6.45) is 8.81. The minimum atomic E-state index is -0.181. The molecule has 0 aromatic heterocycles. The van der Waals surface area contributed by atoms with E-state index in [1.54, 1.807) is 13.0 Å². The van der Waals surface area contributed by atoms with Crippen molar-refractivity contribution in [2.75, 3.05) is 0 Å². The summed E-state index contributed by atoms with van der Waals surface area (Å²) in [5, 5.41) is 0. The van der Waals surface area contributed by atoms with Gasteiger partial charge in [0.2, 0.25) is 5.91 Å². The average molecular weight is 273 g/mol. The van der Waals surface area contributed by atoms with E-state index in [1.807, 2.05) is 6.07 Å². The molecule has 3 heteroatoms. The monoisotopic (exact) mass is 273 g/mol. The maximum absolute atomic E-state index is 13.2. The molecule has 1 saturated heterocycles. The van der Waals surface area contributed by atoms with Crippen LogP contribution < -0.4 is 0 Å². The van der Waals surface area contributed by atoms with E-state index >= 15 is 0 Å². The molecule has 2 bridgehead atoms. The molecule has 1 fully saturated rings. The van der Waals surface area contributed by atoms with Crippen molar-refractivity contribution in [3.63, 3.8) is 0 Å². The maximum atomic E-state index is 13.2. The predicted molar refractivity (Wildman–Crippen MR) is 76.9 cm³/mol. The number of carbonyl (C=O) groups excluding carboxylic acids is 1. The lowest BCUT2D eigenvalue weighted by Gasteiger charge is -2.31. The zero-order valence-corrected chi connectivity index (χ0v) is 11.8. The van der Waals surface area contributed by atoms with E-state index in [0.29, 0.717) is 30.5 Å². The number of amides is 1. The first-order valence-corrected chi connectivity index (χ1v) is 7.38. The van der Waals surface area contributed by atoms with E-state index in [4.69, 9.17) is 0 Å². The van der Waals surface area contributed by atoms with E-state index in [0.717, 1.165) is 24.8 Å². The fraction of sp³-hybridized carbons (Fsp3) is 0.471. The number of rotatable bonds is 3. The van der Waals surface area contributed by atoms with Gasteiger partial charge in [-0.1, -0.05) is 24.3 Å². The average Bonchev–Trinajstić information content (AvgIpc) is 2.69. The highest BCUT2D eigenvalue weighted by molar-refractivity contribution is 5.78. The fourth-order valence-electron chi connectivity index (χ4n) is 3.36. The minimum absolute atomic E-state index is 0.181. The predicted octanol–water partition coefficient (Wildman–Crippen LogP) is 3.39. The van der Waals surface area contributed by atoms with Crippen molar-refractivity contribution < 1.29 is 9.18 Å². The molecule has 0 spiro atoms. The molecule has 2 unspecified atom stereocenters. The van der Waals surface area contributed by atoms with Crippen molar-refractivity contribution in [1.29, 1.82) is 0 Å². The van der Waals surface area contributed by atoms with Crippen LogP contribution in [-0.4, -0.2) is 22.9 Å². The number of carbonyl (C=O) groups is 1. The van der Waals surface area contributed by atoms with Crippen LogP contribution in [0.4, 0.5) is 4.39 Å². The van der Waals surface area contributed by atoms with Crippen LogP contribution in [0.1, 0.15) is 36.8 Å². The van der Waals surface area contributed by atoms with Gasteiger partial charge < -0.3 is 4.90 Å². The molecule has 1 aromatic carbocycles. The van der Waals surface area contributed by atoms with Crippen LogP contribution in [-0.2, 0) is 11.2 Å². The molecular weight excluding hydrogens is 253 g/mol. The Balaban J connectivity index is 1.62. The van der Waals surface area contributed by atoms with Crippen molar-refractivity contribution in [3.05, 3.63) is 47.3 Å². The molecule has 20 heavy (non-hydrogen) atoms. The lowest BCUT2D eigenvalue weighted by molar-refractivity contribution is -0.133. The number of fused-ring (bicyclic) bond motifs is 2. The van der Waals surface area contributed by atoms with Crippen LogP contribution in [0.25, 0.3) is 0 Å². The largest absolute Gasteiger partial charge is 0.333 e. The summed E-state index contributed by atoms with van der Waals surface area (Å²) in [6.45, 7) is 1.76. The number of hydrogen-bond donors (Lipinski definition) is 0. The van der Waals surface area contributed by atoms with Crippen LogP contribution in [0.5, 0.6) is 0 Å². The molecule has 0 N–H and O–H groups in total. The van der Waals surface area contributed by atoms with Gasteiger partial charge in [0.15, 0.2) is 0 Å². The molecule has 2 aliphatic rings. The SMILES string of the molecule is Cc1cc(CCC(=O)N2C3C=CCC2CC3)ccc1F. The van der Waals surface area contributed by atoms with Crippen molar-refractivity contribution in [3.8, 4) is 0 Å². The highest BCUT2D eigenvalue weighted by Crippen LogP contribution is 2.32. The molecule has 3 rings (SSSR count). The van der Waals surface area contributed by atoms with Gasteiger partial charge >= 0.3 is 0 Å². The van der Waals surface area contributed by atoms with Gasteiger partial charge in [0, 0.05) is 12.5 Å². The second kappa shape index (κ2) is 5.39. The van der Waals surface area contributed by atoms with E-state index in [-0.39, 0.29) is 11.7 Å². The van der Waals surface area contributed by atoms with Crippen LogP contribution in [0.15, 0.2) is 30.4 Å². The fourth-order valence-corrected chi connectivity index (χ4v) is 3.36. The summed E-state index contributed by atoms with van der Waals surface area (Å²) < 4.78 is 13.2. The molecule has 2 atom stereocenters. The lowest BCUT2D eigenvalue weighted by atomic mass is 10.0. The normalized spacial score (nSPS) is 24.2. The van der Waals surface area contributed by atoms with E-state index in [2.05, 4.69) is 17.1 Å². The Morgan fingerprint density at radius 2 is 2.25 bits per heavy atom. The zero-order valence-electron chi connectivity index (χ0n) is 11.8. The van der Waals surface area contributed by atoms with Gasteiger partial charge in [0.05, 0.1) is 6.04 Å². The third kappa shape index (κ3) is 2.49. The van der Waals surface area contributed by atoms with Crippen LogP contribution in [0, 0.1) is 12.7 Å². The lowest BCUT2D eigenvalue weighted by Crippen LogP contribution is -2.42. The third-order valence-corrected chi connectivity index (χ3v) is 4.45. The smallest absolute Gasteiger partial charge is 0.223 e. The number of hydrogen-bond acceptors (Lipinski definition) is 1. The Labute approximate surface area is 119 Å². The second-order valence-electron chi connectivity index (χ2n) is 5.85. The third-order valence-electron chi connectivity index (χ3n) is 4.45. The molecule has 0 saturated carbocycles. The molecule has 106 valence electrons. The summed E-state index contributed by atoms with van der Waals surface area (Å²) >= 11 is 0. The second-order valence-corrected chi connectivity index (χ2v) is 5.85. The maximum Gasteiger partial charge on any atom is 0.223 e. The summed E-state index contributed by atoms with van der Waals surface area (Å²) in [5.41, 5.74) is 1.69. The molecule has 2 nitrogen and oxygen atoms in total. The number of benzene rings is 1. The Kier molecular flexibility index (Phi) is 3.60. The zero-order chi connectivity index (χ0) is 14.1. The topological polar surface area (TPSA) is 20.3 Å². The van der Waals surface area contributed by atoms with Crippen LogP contribution >= 0.6 is 0 Å². The van der Waals surface area contributed by atoms with Gasteiger partial charge in [0.25, 0.3) is 0 Å². The Morgan fingerprint density at radius 3 is 3.00 bits per heavy atom. The summed E-state index contributed by atoms with van der Waals surface area (Å²) in [7, 11) is 0. The van der Waals surface area contributed by atoms with Gasteiger partial charge in [-0.05, 0) is 49.8 Å². The number of halogens is 1. The van der Waals surface area contributed by atoms with Crippen molar-refractivity contribution in [1.82, 2.24) is 4.90 Å². The van der Waals surface area contributed by atoms with Gasteiger partial charge in [0.1, 0.15) is 5.82 Å². The van der Waals surface area contributed by atoms with Gasteiger partial charge in [-0.25, -0.2) is 4.39 Å². The summed E-state index contributed by atoms with van der Waals surface area (Å²) in [4.78, 5) is 14.5. The van der Waals surface area contributed by atoms with E-state index in [9.17, 15) is 9.18 Å². The first kappa shape index (κ1) is 13.3. The molecule has 0 aliphatic carbocycles. The molecule has 2 heterocycles. The van der Waals surface area contributed by atoms with Gasteiger partial charge in [-0.3, -0.25) is 4.79 Å². The quantitative estimate of drug-likeness (QED) is 0.773. The Morgan fingerprint density at radius 1 is 1.40 bits per heavy atom. The molecular formula is C17H20FNO. The van der Waals surface area contributed by atoms with Crippen LogP contribution in [0.2, 0.25) is 0 Å². The summed E-state index contributed by atoms with van der Waals surface area (Å²) in [5.74, 6) is 0.0584. The molecule has 1 aromatic rings. The highest BCUT2D eigenvalue weighted by atomic mass is 19.1. The molecule has 2 aliphatic heterocycles. The first-order chi connectivity index (χ1) is 9.65. The minimum Gasteiger partial charge on any atom is -0.333 e. The molecule has 1 amide bonds. The molecule has 0 radical (unpaired) electrons. The van der Waals surface area contributed by atoms with E-state index < -0.39 is 0 Å². The standard InChI is InChI=1S/C17H20FNO/c1-12-11-13(5-9-16(12)18)6-10-17(20)19-14-3-2-4-15(19)8-7-14/h2-3,5,9,11,14-15H,4,6-8,10H2,1H3. The van der Waals surface area contributed by atoms with Crippen LogP contribution in [0.3, 0.4) is 0 Å². The number of nitrogens with zero attached hydrogens (tertiary/aromatic N) is 1. The van der Waals surface area contributed by atoms with E-state index in [1.165, 1.54) is 6.07 Å². The van der Waals surface area contributed by atoms with Crippen molar-refractivity contribution >= 4 is 5.91 Å². The number of aryl methyl sites for hydroxylation is 2. The Bertz CT molecular complexity index is 552. The Hall–Kier alpha value is -1.64. The van der Waals surface area contributed by atoms with Crippen molar-refractivity contribution in [2.24, 2.45) is 0 Å².